The van der Waals surface area contributed by atoms with Crippen LogP contribution < -0.4 is 9.73 Å². The van der Waals surface area contributed by atoms with Crippen LogP contribution in [0.15, 0.2) is 53.6 Å². The fraction of sp³-hybridized carbons (Fsp3) is 0.222. The van der Waals surface area contributed by atoms with Crippen molar-refractivity contribution in [3.63, 3.8) is 0 Å². The number of aryl methyl sites for hydroxylation is 1. The number of hydrogen-bond acceptors (Lipinski definition) is 4. The molecule has 0 aliphatic carbocycles. The third kappa shape index (κ3) is 5.57. The van der Waals surface area contributed by atoms with Crippen LogP contribution in [-0.4, -0.2) is 33.3 Å². The van der Waals surface area contributed by atoms with Crippen molar-refractivity contribution in [1.29, 1.82) is 0 Å². The van der Waals surface area contributed by atoms with Gasteiger partial charge in [0, 0.05) is 5.02 Å². The first kappa shape index (κ1) is 19.9. The summed E-state index contributed by atoms with van der Waals surface area (Å²) in [5.41, 5.74) is 4.39. The van der Waals surface area contributed by atoms with E-state index in [1.807, 2.05) is 19.1 Å². The van der Waals surface area contributed by atoms with Gasteiger partial charge in [0.25, 0.3) is 5.91 Å². The van der Waals surface area contributed by atoms with E-state index < -0.39 is 15.9 Å². The predicted molar refractivity (Wildman–Crippen MR) is 105 cm³/mol. The molecule has 0 aromatic heterocycles. The normalized spacial score (nSPS) is 11.5. The Hall–Kier alpha value is -2.38. The van der Waals surface area contributed by atoms with Crippen molar-refractivity contribution in [3.05, 3.63) is 64.7 Å². The second-order valence-corrected chi connectivity index (χ2v) is 7.94. The van der Waals surface area contributed by atoms with Crippen LogP contribution in [0, 0.1) is 0 Å². The Bertz CT molecular complexity index is 913. The highest BCUT2D eigenvalue weighted by Gasteiger charge is 2.22. The number of nitrogens with zero attached hydrogens (tertiary/aromatic N) is 2. The van der Waals surface area contributed by atoms with Crippen LogP contribution in [0.5, 0.6) is 0 Å². The fourth-order valence-electron chi connectivity index (χ4n) is 2.37. The molecule has 0 atom stereocenters. The minimum absolute atomic E-state index is 0.358. The molecule has 2 aromatic carbocycles. The summed E-state index contributed by atoms with van der Waals surface area (Å²) in [7, 11) is -3.63. The predicted octanol–water partition coefficient (Wildman–Crippen LogP) is 2.82. The van der Waals surface area contributed by atoms with Crippen LogP contribution in [-0.2, 0) is 21.2 Å². The van der Waals surface area contributed by atoms with Crippen molar-refractivity contribution in [2.45, 2.75) is 13.3 Å². The average molecular weight is 394 g/mol. The standard InChI is InChI=1S/C18H20ClN3O3S/c1-3-15-8-4-5-10-17(15)22(26(2,24)25)13-18(23)21-20-12-14-7-6-9-16(19)11-14/h4-12H,3,13H2,1-2H3,(H,21,23)/b20-12-. The summed E-state index contributed by atoms with van der Waals surface area (Å²) in [6.45, 7) is 1.57. The summed E-state index contributed by atoms with van der Waals surface area (Å²) in [6.07, 6.45) is 3.16. The Morgan fingerprint density at radius 3 is 2.62 bits per heavy atom. The Kier molecular flexibility index (Phi) is 6.76. The first-order valence-corrected chi connectivity index (χ1v) is 10.2. The maximum Gasteiger partial charge on any atom is 0.260 e. The van der Waals surface area contributed by atoms with Crippen molar-refractivity contribution in [2.24, 2.45) is 5.10 Å². The molecule has 0 unspecified atom stereocenters. The molecule has 0 saturated carbocycles. The van der Waals surface area contributed by atoms with Gasteiger partial charge in [0.05, 0.1) is 18.2 Å². The van der Waals surface area contributed by atoms with Crippen LogP contribution >= 0.6 is 11.6 Å². The number of nitrogens with one attached hydrogen (secondary N) is 1. The van der Waals surface area contributed by atoms with Gasteiger partial charge >= 0.3 is 0 Å². The van der Waals surface area contributed by atoms with Crippen LogP contribution in [0.4, 0.5) is 5.69 Å². The summed E-state index contributed by atoms with van der Waals surface area (Å²) in [5.74, 6) is -0.542. The van der Waals surface area contributed by atoms with Gasteiger partial charge in [0.2, 0.25) is 10.0 Å². The number of carbonyl (C=O) groups excluding carboxylic acids is 1. The van der Waals surface area contributed by atoms with E-state index in [1.54, 1.807) is 36.4 Å². The second kappa shape index (κ2) is 8.82. The summed E-state index contributed by atoms with van der Waals surface area (Å²) in [5, 5.41) is 4.40. The minimum Gasteiger partial charge on any atom is -0.271 e. The first-order valence-electron chi connectivity index (χ1n) is 7.94. The van der Waals surface area contributed by atoms with Gasteiger partial charge in [-0.15, -0.1) is 0 Å². The molecule has 0 heterocycles. The van der Waals surface area contributed by atoms with Crippen molar-refractivity contribution in [1.82, 2.24) is 5.43 Å². The molecule has 138 valence electrons. The van der Waals surface area contributed by atoms with Gasteiger partial charge in [-0.05, 0) is 35.7 Å². The lowest BCUT2D eigenvalue weighted by molar-refractivity contribution is -0.119. The van der Waals surface area contributed by atoms with Gasteiger partial charge < -0.3 is 0 Å². The first-order chi connectivity index (χ1) is 12.3. The highest BCUT2D eigenvalue weighted by atomic mass is 35.5. The largest absolute Gasteiger partial charge is 0.271 e. The average Bonchev–Trinajstić information content (AvgIpc) is 2.59. The quantitative estimate of drug-likeness (QED) is 0.580. The number of rotatable bonds is 7. The molecule has 0 radical (unpaired) electrons. The molecule has 2 rings (SSSR count). The van der Waals surface area contributed by atoms with Crippen LogP contribution in [0.3, 0.4) is 0 Å². The van der Waals surface area contributed by atoms with E-state index in [-0.39, 0.29) is 6.54 Å². The van der Waals surface area contributed by atoms with Gasteiger partial charge in [-0.25, -0.2) is 13.8 Å². The summed E-state index contributed by atoms with van der Waals surface area (Å²) in [6, 6.07) is 14.1. The lowest BCUT2D eigenvalue weighted by Gasteiger charge is -2.23. The molecule has 2 aromatic rings. The molecule has 26 heavy (non-hydrogen) atoms. The van der Waals surface area contributed by atoms with Gasteiger partial charge in [0.1, 0.15) is 6.54 Å². The molecule has 0 fully saturated rings. The number of sulfonamides is 1. The van der Waals surface area contributed by atoms with Gasteiger partial charge in [0.15, 0.2) is 0 Å². The van der Waals surface area contributed by atoms with E-state index in [0.717, 1.165) is 16.1 Å². The lowest BCUT2D eigenvalue weighted by Crippen LogP contribution is -2.39. The third-order valence-electron chi connectivity index (χ3n) is 3.58. The minimum atomic E-state index is -3.63. The highest BCUT2D eigenvalue weighted by Crippen LogP contribution is 2.23. The zero-order valence-electron chi connectivity index (χ0n) is 14.5. The number of benzene rings is 2. The van der Waals surface area contributed by atoms with E-state index in [0.29, 0.717) is 22.7 Å². The van der Waals surface area contributed by atoms with Crippen LogP contribution in [0.2, 0.25) is 5.02 Å². The number of hydrazone groups is 1. The summed E-state index contributed by atoms with van der Waals surface area (Å²) >= 11 is 5.88. The maximum atomic E-state index is 12.2. The Labute approximate surface area is 158 Å². The molecule has 1 N–H and O–H groups in total. The monoisotopic (exact) mass is 393 g/mol. The number of carbonyl (C=O) groups is 1. The zero-order valence-corrected chi connectivity index (χ0v) is 16.1. The van der Waals surface area contributed by atoms with Crippen LogP contribution in [0.1, 0.15) is 18.1 Å². The van der Waals surface area contributed by atoms with Crippen molar-refractivity contribution >= 4 is 39.4 Å². The molecule has 1 amide bonds. The summed E-state index contributed by atoms with van der Waals surface area (Å²) in [4.78, 5) is 12.2. The maximum absolute atomic E-state index is 12.2. The lowest BCUT2D eigenvalue weighted by atomic mass is 10.1. The van der Waals surface area contributed by atoms with E-state index in [4.69, 9.17) is 11.6 Å². The second-order valence-electron chi connectivity index (χ2n) is 5.60. The molecule has 0 spiro atoms. The van der Waals surface area contributed by atoms with Crippen molar-refractivity contribution in [2.75, 3.05) is 17.1 Å². The molecular formula is C18H20ClN3O3S. The third-order valence-corrected chi connectivity index (χ3v) is 4.94. The fourth-order valence-corrected chi connectivity index (χ4v) is 3.45. The van der Waals surface area contributed by atoms with E-state index in [2.05, 4.69) is 10.5 Å². The van der Waals surface area contributed by atoms with Gasteiger partial charge in [-0.1, -0.05) is 48.9 Å². The number of amides is 1. The Balaban J connectivity index is 2.12. The van der Waals surface area contributed by atoms with Gasteiger partial charge in [-0.2, -0.15) is 5.10 Å². The van der Waals surface area contributed by atoms with Crippen molar-refractivity contribution in [3.8, 4) is 0 Å². The number of para-hydroxylation sites is 1. The number of halogens is 1. The smallest absolute Gasteiger partial charge is 0.260 e. The molecule has 8 heteroatoms. The topological polar surface area (TPSA) is 78.8 Å². The molecule has 0 aliphatic heterocycles. The molecule has 6 nitrogen and oxygen atoms in total. The number of hydrogen-bond donors (Lipinski definition) is 1. The zero-order chi connectivity index (χ0) is 19.2. The van der Waals surface area contributed by atoms with E-state index in [1.165, 1.54) is 6.21 Å². The molecule has 0 bridgehead atoms. The van der Waals surface area contributed by atoms with Crippen LogP contribution in [0.25, 0.3) is 0 Å². The molecular weight excluding hydrogens is 374 g/mol. The Morgan fingerprint density at radius 1 is 1.23 bits per heavy atom. The molecule has 0 aliphatic rings. The number of anilines is 1. The Morgan fingerprint density at radius 2 is 1.96 bits per heavy atom. The SMILES string of the molecule is CCc1ccccc1N(CC(=O)N/N=C\c1cccc(Cl)c1)S(C)(=O)=O. The molecule has 0 saturated heterocycles. The highest BCUT2D eigenvalue weighted by molar-refractivity contribution is 7.92. The van der Waals surface area contributed by atoms with Crippen molar-refractivity contribution < 1.29 is 13.2 Å². The van der Waals surface area contributed by atoms with E-state index in [9.17, 15) is 13.2 Å². The summed E-state index contributed by atoms with van der Waals surface area (Å²) < 4.78 is 25.4. The van der Waals surface area contributed by atoms with Gasteiger partial charge in [-0.3, -0.25) is 9.10 Å². The van der Waals surface area contributed by atoms with E-state index >= 15 is 0 Å².